The molecule has 0 amide bonds. The van der Waals surface area contributed by atoms with E-state index in [1.165, 1.54) is 35.0 Å². The summed E-state index contributed by atoms with van der Waals surface area (Å²) in [6.45, 7) is 1.59. The molecule has 0 saturated carbocycles. The molecule has 2 nitrogen and oxygen atoms in total. The zero-order valence-electron chi connectivity index (χ0n) is 21.5. The van der Waals surface area contributed by atoms with Crippen LogP contribution in [0.5, 0.6) is 0 Å². The van der Waals surface area contributed by atoms with E-state index in [1.807, 2.05) is 0 Å². The van der Waals surface area contributed by atoms with Gasteiger partial charge in [0.05, 0.1) is 23.4 Å². The van der Waals surface area contributed by atoms with Crippen LogP contribution >= 0.6 is 11.6 Å². The van der Waals surface area contributed by atoms with Gasteiger partial charge in [-0.3, -0.25) is 4.68 Å². The lowest BCUT2D eigenvalue weighted by molar-refractivity contribution is -0.138. The lowest BCUT2D eigenvalue weighted by atomic mass is 9.96. The Morgan fingerprint density at radius 1 is 0.780 bits per heavy atom. The number of aryl methyl sites for hydroxylation is 3. The molecule has 4 aromatic carbocycles. The number of benzene rings is 4. The molecule has 0 atom stereocenters. The number of fused-ring (bicyclic) bond motifs is 1. The topological polar surface area (TPSA) is 17.8 Å². The molecule has 0 N–H and O–H groups in total. The smallest absolute Gasteiger partial charge is 0.259 e. The average molecular weight is 591 g/mol. The standard InChI is InChI=1S/C31H22ClF7N2/c1-18-8-12-23(30(34,35)36)15-20(18)10-9-19-4-2-5-21(14-19)29-25-6-3-7-26(31(37,38)39)28(25)40-41(29)17-22-11-13-24(32)16-27(22)33/h2-8,11-16H,9-10,17H2,1H3. The number of nitrogens with zero attached hydrogens (tertiary/aromatic N) is 2. The van der Waals surface area contributed by atoms with Crippen molar-refractivity contribution >= 4 is 22.5 Å². The SMILES string of the molecule is Cc1ccc(C(F)(F)F)cc1CCc1cccc(-c2c3cccc(C(F)(F)F)c3nn2Cc2ccc(Cl)cc2F)c1. The zero-order valence-corrected chi connectivity index (χ0v) is 22.3. The van der Waals surface area contributed by atoms with Crippen molar-refractivity contribution in [3.05, 3.63) is 123 Å². The Balaban J connectivity index is 1.56. The maximum atomic E-state index is 14.7. The van der Waals surface area contributed by atoms with Crippen LogP contribution in [0.2, 0.25) is 5.02 Å². The highest BCUT2D eigenvalue weighted by Gasteiger charge is 2.35. The molecule has 1 aromatic heterocycles. The predicted octanol–water partition coefficient (Wildman–Crippen LogP) is 9.68. The van der Waals surface area contributed by atoms with E-state index in [4.69, 9.17) is 11.6 Å². The summed E-state index contributed by atoms with van der Waals surface area (Å²) in [5.74, 6) is -0.621. The molecule has 0 aliphatic heterocycles. The third-order valence-electron chi connectivity index (χ3n) is 6.97. The molecule has 0 unspecified atom stereocenters. The molecule has 0 aliphatic carbocycles. The molecular weight excluding hydrogens is 569 g/mol. The summed E-state index contributed by atoms with van der Waals surface area (Å²) < 4.78 is 97.3. The van der Waals surface area contributed by atoms with Crippen LogP contribution in [0, 0.1) is 12.7 Å². The summed E-state index contributed by atoms with van der Waals surface area (Å²) in [5.41, 5.74) is 1.22. The summed E-state index contributed by atoms with van der Waals surface area (Å²) >= 11 is 5.87. The second kappa shape index (κ2) is 10.9. The van der Waals surface area contributed by atoms with E-state index in [0.29, 0.717) is 29.7 Å². The van der Waals surface area contributed by atoms with Crippen molar-refractivity contribution in [3.8, 4) is 11.3 Å². The first kappa shape index (κ1) is 28.7. The third-order valence-corrected chi connectivity index (χ3v) is 7.21. The Labute approximate surface area is 236 Å². The molecule has 0 radical (unpaired) electrons. The zero-order chi connectivity index (χ0) is 29.5. The molecule has 0 aliphatic rings. The Morgan fingerprint density at radius 2 is 1.54 bits per heavy atom. The van der Waals surface area contributed by atoms with Crippen LogP contribution in [0.15, 0.2) is 78.9 Å². The highest BCUT2D eigenvalue weighted by atomic mass is 35.5. The molecule has 41 heavy (non-hydrogen) atoms. The van der Waals surface area contributed by atoms with Gasteiger partial charge in [0.15, 0.2) is 0 Å². The molecule has 0 bridgehead atoms. The second-order valence-corrected chi connectivity index (χ2v) is 10.2. The number of rotatable bonds is 6. The van der Waals surface area contributed by atoms with Gasteiger partial charge in [-0.05, 0) is 72.9 Å². The van der Waals surface area contributed by atoms with Gasteiger partial charge in [-0.1, -0.05) is 54.1 Å². The van der Waals surface area contributed by atoms with Gasteiger partial charge in [-0.2, -0.15) is 31.4 Å². The number of halogens is 8. The van der Waals surface area contributed by atoms with Gasteiger partial charge in [0.25, 0.3) is 0 Å². The first-order valence-corrected chi connectivity index (χ1v) is 13.0. The van der Waals surface area contributed by atoms with Crippen molar-refractivity contribution in [2.45, 2.75) is 38.7 Å². The third kappa shape index (κ3) is 6.10. The van der Waals surface area contributed by atoms with Crippen molar-refractivity contribution in [2.75, 3.05) is 0 Å². The van der Waals surface area contributed by atoms with Gasteiger partial charge in [-0.25, -0.2) is 4.39 Å². The minimum Gasteiger partial charge on any atom is -0.259 e. The van der Waals surface area contributed by atoms with Crippen LogP contribution in [0.4, 0.5) is 30.7 Å². The van der Waals surface area contributed by atoms with Gasteiger partial charge >= 0.3 is 12.4 Å². The molecule has 212 valence electrons. The largest absolute Gasteiger partial charge is 0.418 e. The molecular formula is C31H22ClF7N2. The number of alkyl halides is 6. The molecule has 10 heteroatoms. The molecule has 0 spiro atoms. The normalized spacial score (nSPS) is 12.3. The van der Waals surface area contributed by atoms with Crippen LogP contribution in [0.3, 0.4) is 0 Å². The highest BCUT2D eigenvalue weighted by molar-refractivity contribution is 6.30. The lowest BCUT2D eigenvalue weighted by Gasteiger charge is -2.13. The van der Waals surface area contributed by atoms with Gasteiger partial charge in [0.2, 0.25) is 0 Å². The van der Waals surface area contributed by atoms with Crippen molar-refractivity contribution in [2.24, 2.45) is 0 Å². The number of aromatic nitrogens is 2. The molecule has 5 aromatic rings. The van der Waals surface area contributed by atoms with E-state index < -0.39 is 29.3 Å². The first-order chi connectivity index (χ1) is 19.3. The summed E-state index contributed by atoms with van der Waals surface area (Å²) in [5, 5.41) is 4.69. The fraction of sp³-hybridized carbons (Fsp3) is 0.194. The van der Waals surface area contributed by atoms with Gasteiger partial charge in [-0.15, -0.1) is 0 Å². The lowest BCUT2D eigenvalue weighted by Crippen LogP contribution is -2.07. The van der Waals surface area contributed by atoms with E-state index in [0.717, 1.165) is 35.4 Å². The van der Waals surface area contributed by atoms with E-state index in [-0.39, 0.29) is 28.0 Å². The van der Waals surface area contributed by atoms with Crippen LogP contribution < -0.4 is 0 Å². The molecule has 5 rings (SSSR count). The Bertz CT molecular complexity index is 1740. The predicted molar refractivity (Wildman–Crippen MR) is 144 cm³/mol. The summed E-state index contributed by atoms with van der Waals surface area (Å²) in [6.07, 6.45) is -8.40. The quantitative estimate of drug-likeness (QED) is 0.180. The number of hydrogen-bond donors (Lipinski definition) is 0. The fourth-order valence-electron chi connectivity index (χ4n) is 4.88. The van der Waals surface area contributed by atoms with Crippen molar-refractivity contribution in [1.29, 1.82) is 0 Å². The van der Waals surface area contributed by atoms with Crippen LogP contribution in [0.25, 0.3) is 22.2 Å². The maximum absolute atomic E-state index is 14.7. The van der Waals surface area contributed by atoms with Gasteiger partial charge in [0.1, 0.15) is 11.3 Å². The van der Waals surface area contributed by atoms with E-state index in [1.54, 1.807) is 31.2 Å². The van der Waals surface area contributed by atoms with Crippen molar-refractivity contribution < 1.29 is 30.7 Å². The van der Waals surface area contributed by atoms with Gasteiger partial charge in [0, 0.05) is 21.5 Å². The van der Waals surface area contributed by atoms with Crippen LogP contribution in [0.1, 0.15) is 33.4 Å². The van der Waals surface area contributed by atoms with Crippen LogP contribution in [-0.4, -0.2) is 9.78 Å². The second-order valence-electron chi connectivity index (χ2n) is 9.78. The Kier molecular flexibility index (Phi) is 7.59. The Hall–Kier alpha value is -3.85. The van der Waals surface area contributed by atoms with Crippen molar-refractivity contribution in [1.82, 2.24) is 9.78 Å². The first-order valence-electron chi connectivity index (χ1n) is 12.6. The Morgan fingerprint density at radius 3 is 2.24 bits per heavy atom. The number of hydrogen-bond acceptors (Lipinski definition) is 1. The molecule has 1 heterocycles. The van der Waals surface area contributed by atoms with Gasteiger partial charge < -0.3 is 0 Å². The minimum absolute atomic E-state index is 0.155. The fourth-order valence-corrected chi connectivity index (χ4v) is 5.04. The van der Waals surface area contributed by atoms with E-state index in [2.05, 4.69) is 5.10 Å². The summed E-state index contributed by atoms with van der Waals surface area (Å²) in [6, 6.07) is 18.5. The molecule has 0 fully saturated rings. The highest BCUT2D eigenvalue weighted by Crippen LogP contribution is 2.38. The van der Waals surface area contributed by atoms with E-state index in [9.17, 15) is 30.7 Å². The summed E-state index contributed by atoms with van der Waals surface area (Å²) in [7, 11) is 0. The maximum Gasteiger partial charge on any atom is 0.418 e. The summed E-state index contributed by atoms with van der Waals surface area (Å²) in [4.78, 5) is 0. The molecule has 0 saturated heterocycles. The van der Waals surface area contributed by atoms with Crippen LogP contribution in [-0.2, 0) is 31.7 Å². The average Bonchev–Trinajstić information content (AvgIpc) is 3.26. The van der Waals surface area contributed by atoms with E-state index >= 15 is 0 Å². The minimum atomic E-state index is -4.66. The van der Waals surface area contributed by atoms with Crippen molar-refractivity contribution in [3.63, 3.8) is 0 Å². The monoisotopic (exact) mass is 590 g/mol.